The molecular formula is C16H16N4O3S. The molecular weight excluding hydrogens is 328 g/mol. The third-order valence-electron chi connectivity index (χ3n) is 3.49. The van der Waals surface area contributed by atoms with E-state index in [2.05, 4.69) is 19.3 Å². The lowest BCUT2D eigenvalue weighted by atomic mass is 10.1. The predicted octanol–water partition coefficient (Wildman–Crippen LogP) is 3.12. The van der Waals surface area contributed by atoms with E-state index in [1.54, 1.807) is 18.6 Å². The number of pyridine rings is 1. The van der Waals surface area contributed by atoms with Gasteiger partial charge in [-0.1, -0.05) is 13.3 Å². The maximum atomic E-state index is 12.3. The fraction of sp³-hybridized carbons (Fsp3) is 0.312. The van der Waals surface area contributed by atoms with Crippen LogP contribution in [0.3, 0.4) is 0 Å². The number of carbonyl (C=O) groups excluding carboxylic acids is 1. The minimum Gasteiger partial charge on any atom is -0.504 e. The molecule has 124 valence electrons. The van der Waals surface area contributed by atoms with Gasteiger partial charge >= 0.3 is 5.97 Å². The van der Waals surface area contributed by atoms with Gasteiger partial charge in [0.15, 0.2) is 11.4 Å². The molecule has 3 aromatic rings. The normalized spacial score (nSPS) is 10.9. The first kappa shape index (κ1) is 16.3. The first-order valence-corrected chi connectivity index (χ1v) is 8.33. The number of fused-ring (bicyclic) bond motifs is 1. The molecule has 7 nitrogen and oxygen atoms in total. The van der Waals surface area contributed by atoms with Crippen LogP contribution < -0.4 is 0 Å². The van der Waals surface area contributed by atoms with Crippen LogP contribution in [0.15, 0.2) is 18.6 Å². The number of carbonyl (C=O) groups is 1. The van der Waals surface area contributed by atoms with Gasteiger partial charge in [0, 0.05) is 17.8 Å². The number of rotatable bonds is 5. The summed E-state index contributed by atoms with van der Waals surface area (Å²) in [6.45, 7) is 4.11. The fourth-order valence-corrected chi connectivity index (χ4v) is 3.10. The molecule has 0 saturated carbocycles. The van der Waals surface area contributed by atoms with E-state index in [-0.39, 0.29) is 18.1 Å². The number of unbranched alkanes of at least 4 members (excludes halogenated alkanes) is 1. The lowest BCUT2D eigenvalue weighted by Gasteiger charge is -2.09. The number of aryl methyl sites for hydroxylation is 1. The number of ether oxygens (including phenoxy) is 1. The Balaban J connectivity index is 2.14. The Morgan fingerprint density at radius 1 is 1.38 bits per heavy atom. The van der Waals surface area contributed by atoms with Gasteiger partial charge in [-0.3, -0.25) is 9.97 Å². The molecule has 0 amide bonds. The molecule has 0 saturated heterocycles. The highest BCUT2D eigenvalue weighted by atomic mass is 32.1. The molecule has 0 aliphatic heterocycles. The summed E-state index contributed by atoms with van der Waals surface area (Å²) in [5.41, 5.74) is 1.56. The largest absolute Gasteiger partial charge is 0.504 e. The van der Waals surface area contributed by atoms with E-state index in [1.807, 2.05) is 13.8 Å². The minimum absolute atomic E-state index is 0.122. The minimum atomic E-state index is -0.654. The summed E-state index contributed by atoms with van der Waals surface area (Å²) in [7, 11) is 0. The van der Waals surface area contributed by atoms with Gasteiger partial charge in [-0.05, 0) is 24.9 Å². The molecule has 0 bridgehead atoms. The Kier molecular flexibility index (Phi) is 4.66. The molecule has 1 N–H and O–H groups in total. The zero-order chi connectivity index (χ0) is 17.1. The van der Waals surface area contributed by atoms with Crippen molar-refractivity contribution < 1.29 is 14.6 Å². The molecule has 24 heavy (non-hydrogen) atoms. The standard InChI is InChI=1S/C16H16N4O3S/c1-3-4-7-23-16(22)13-14(21)15-11(9(2)20-24-15)12(19-13)10-8-17-5-6-18-10/h5-6,8,21H,3-4,7H2,1-2H3. The quantitative estimate of drug-likeness (QED) is 0.561. The van der Waals surface area contributed by atoms with Crippen LogP contribution in [0.25, 0.3) is 21.5 Å². The van der Waals surface area contributed by atoms with Crippen LogP contribution in [0.5, 0.6) is 5.75 Å². The van der Waals surface area contributed by atoms with E-state index in [0.29, 0.717) is 27.2 Å². The number of esters is 1. The van der Waals surface area contributed by atoms with Crippen molar-refractivity contribution in [3.05, 3.63) is 30.0 Å². The van der Waals surface area contributed by atoms with Gasteiger partial charge in [-0.25, -0.2) is 9.78 Å². The van der Waals surface area contributed by atoms with Gasteiger partial charge < -0.3 is 9.84 Å². The van der Waals surface area contributed by atoms with Gasteiger partial charge in [-0.2, -0.15) is 4.37 Å². The summed E-state index contributed by atoms with van der Waals surface area (Å²) in [4.78, 5) is 24.9. The van der Waals surface area contributed by atoms with Crippen LogP contribution >= 0.6 is 11.5 Å². The van der Waals surface area contributed by atoms with Crippen LogP contribution in [0.1, 0.15) is 35.9 Å². The summed E-state index contributed by atoms with van der Waals surface area (Å²) in [6, 6.07) is 0. The van der Waals surface area contributed by atoms with Crippen molar-refractivity contribution in [1.29, 1.82) is 0 Å². The fourth-order valence-electron chi connectivity index (χ4n) is 2.27. The van der Waals surface area contributed by atoms with Crippen molar-refractivity contribution in [3.63, 3.8) is 0 Å². The summed E-state index contributed by atoms with van der Waals surface area (Å²) in [5, 5.41) is 11.1. The van der Waals surface area contributed by atoms with E-state index in [4.69, 9.17) is 4.74 Å². The maximum Gasteiger partial charge on any atom is 0.360 e. The van der Waals surface area contributed by atoms with Gasteiger partial charge in [0.25, 0.3) is 0 Å². The topological polar surface area (TPSA) is 98.1 Å². The predicted molar refractivity (Wildman–Crippen MR) is 90.0 cm³/mol. The molecule has 0 fully saturated rings. The lowest BCUT2D eigenvalue weighted by Crippen LogP contribution is -2.10. The highest BCUT2D eigenvalue weighted by Gasteiger charge is 2.24. The number of hydrogen-bond acceptors (Lipinski definition) is 8. The zero-order valence-corrected chi connectivity index (χ0v) is 14.1. The molecule has 3 heterocycles. The van der Waals surface area contributed by atoms with Crippen molar-refractivity contribution in [3.8, 4) is 17.1 Å². The SMILES string of the molecule is CCCCOC(=O)c1nc(-c2cnccn2)c2c(C)nsc2c1O. The monoisotopic (exact) mass is 344 g/mol. The van der Waals surface area contributed by atoms with Crippen molar-refractivity contribution in [2.75, 3.05) is 6.61 Å². The second kappa shape index (κ2) is 6.88. The second-order valence-corrected chi connectivity index (χ2v) is 5.98. The van der Waals surface area contributed by atoms with E-state index < -0.39 is 5.97 Å². The Bertz CT molecular complexity index is 880. The lowest BCUT2D eigenvalue weighted by molar-refractivity contribution is 0.0490. The average Bonchev–Trinajstić information content (AvgIpc) is 2.99. The Hall–Kier alpha value is -2.61. The smallest absolute Gasteiger partial charge is 0.360 e. The van der Waals surface area contributed by atoms with Crippen LogP contribution in [0.4, 0.5) is 0 Å². The van der Waals surface area contributed by atoms with E-state index in [0.717, 1.165) is 24.4 Å². The van der Waals surface area contributed by atoms with Gasteiger partial charge in [0.05, 0.1) is 18.5 Å². The molecule has 3 aromatic heterocycles. The van der Waals surface area contributed by atoms with E-state index in [1.165, 1.54) is 0 Å². The number of aromatic hydroxyl groups is 1. The molecule has 0 unspecified atom stereocenters. The molecule has 0 aliphatic carbocycles. The highest BCUT2D eigenvalue weighted by molar-refractivity contribution is 7.14. The molecule has 0 aromatic carbocycles. The van der Waals surface area contributed by atoms with Crippen LogP contribution in [-0.4, -0.2) is 37.0 Å². The molecule has 0 atom stereocenters. The van der Waals surface area contributed by atoms with Crippen LogP contribution in [0.2, 0.25) is 0 Å². The van der Waals surface area contributed by atoms with Crippen molar-refractivity contribution in [2.24, 2.45) is 0 Å². The third-order valence-corrected chi connectivity index (χ3v) is 4.44. The zero-order valence-electron chi connectivity index (χ0n) is 13.3. The van der Waals surface area contributed by atoms with Gasteiger partial charge in [0.1, 0.15) is 16.1 Å². The van der Waals surface area contributed by atoms with Crippen molar-refractivity contribution in [1.82, 2.24) is 19.3 Å². The average molecular weight is 344 g/mol. The first-order chi connectivity index (χ1) is 11.6. The maximum absolute atomic E-state index is 12.3. The van der Waals surface area contributed by atoms with Gasteiger partial charge in [0.2, 0.25) is 0 Å². The third kappa shape index (κ3) is 2.92. The van der Waals surface area contributed by atoms with E-state index in [9.17, 15) is 9.90 Å². The van der Waals surface area contributed by atoms with E-state index >= 15 is 0 Å². The van der Waals surface area contributed by atoms with Gasteiger partial charge in [-0.15, -0.1) is 0 Å². The number of aromatic nitrogens is 4. The Morgan fingerprint density at radius 2 is 2.21 bits per heavy atom. The molecule has 0 aliphatic rings. The van der Waals surface area contributed by atoms with Crippen molar-refractivity contribution in [2.45, 2.75) is 26.7 Å². The van der Waals surface area contributed by atoms with Crippen LogP contribution in [0, 0.1) is 6.92 Å². The second-order valence-electron chi connectivity index (χ2n) is 5.21. The summed E-state index contributed by atoms with van der Waals surface area (Å²) in [6.07, 6.45) is 6.32. The summed E-state index contributed by atoms with van der Waals surface area (Å²) >= 11 is 1.11. The Morgan fingerprint density at radius 3 is 2.92 bits per heavy atom. The number of hydrogen-bond donors (Lipinski definition) is 1. The summed E-state index contributed by atoms with van der Waals surface area (Å²) < 4.78 is 9.93. The highest BCUT2D eigenvalue weighted by Crippen LogP contribution is 2.38. The molecule has 0 spiro atoms. The van der Waals surface area contributed by atoms with Crippen LogP contribution in [-0.2, 0) is 4.74 Å². The molecule has 3 rings (SSSR count). The Labute approximate surface area is 142 Å². The first-order valence-electron chi connectivity index (χ1n) is 7.56. The molecule has 8 heteroatoms. The molecule has 0 radical (unpaired) electrons. The van der Waals surface area contributed by atoms with Crippen molar-refractivity contribution >= 4 is 27.6 Å². The number of nitrogens with zero attached hydrogens (tertiary/aromatic N) is 4. The summed E-state index contributed by atoms with van der Waals surface area (Å²) in [5.74, 6) is -0.858.